The van der Waals surface area contributed by atoms with Gasteiger partial charge in [-0.1, -0.05) is 12.1 Å². The van der Waals surface area contributed by atoms with Crippen LogP contribution in [0.3, 0.4) is 0 Å². The Morgan fingerprint density at radius 1 is 1.16 bits per heavy atom. The number of pyridine rings is 1. The van der Waals surface area contributed by atoms with Crippen LogP contribution in [0.5, 0.6) is 0 Å². The molecule has 0 atom stereocenters. The van der Waals surface area contributed by atoms with Crippen LogP contribution in [0.4, 0.5) is 17.6 Å². The number of aromatic nitrogens is 1. The Morgan fingerprint density at radius 3 is 2.47 bits per heavy atom. The van der Waals surface area contributed by atoms with Gasteiger partial charge in [0, 0.05) is 11.8 Å². The van der Waals surface area contributed by atoms with Crippen LogP contribution in [0.1, 0.15) is 11.3 Å². The monoisotopic (exact) mass is 289 g/mol. The Kier molecular flexibility index (Phi) is 3.75. The third-order valence-corrected chi connectivity index (χ3v) is 2.81. The summed E-state index contributed by atoms with van der Waals surface area (Å²) in [4.78, 5) is 3.70. The molecule has 1 aromatic heterocycles. The summed E-state index contributed by atoms with van der Waals surface area (Å²) in [6.07, 6.45) is -3.78. The number of hydrogen-bond acceptors (Lipinski definition) is 1. The van der Waals surface area contributed by atoms with Crippen molar-refractivity contribution in [2.24, 2.45) is 0 Å². The Hall–Kier alpha value is -1.62. The summed E-state index contributed by atoms with van der Waals surface area (Å²) in [5.74, 6) is -0.584. The Labute approximate surface area is 111 Å². The topological polar surface area (TPSA) is 12.9 Å². The van der Waals surface area contributed by atoms with Gasteiger partial charge in [-0.3, -0.25) is 4.98 Å². The fourth-order valence-corrected chi connectivity index (χ4v) is 1.87. The lowest BCUT2D eigenvalue weighted by Gasteiger charge is -2.11. The van der Waals surface area contributed by atoms with Gasteiger partial charge in [0.1, 0.15) is 5.82 Å². The normalized spacial score (nSPS) is 11.6. The minimum absolute atomic E-state index is 0.0516. The van der Waals surface area contributed by atoms with Gasteiger partial charge in [0.2, 0.25) is 0 Å². The van der Waals surface area contributed by atoms with E-state index in [2.05, 4.69) is 4.98 Å². The van der Waals surface area contributed by atoms with Gasteiger partial charge < -0.3 is 0 Å². The predicted octanol–water partition coefficient (Wildman–Crippen LogP) is 4.65. The van der Waals surface area contributed by atoms with Gasteiger partial charge in [0.05, 0.1) is 17.1 Å². The second-order valence-electron chi connectivity index (χ2n) is 3.86. The molecule has 0 unspecified atom stereocenters. The average Bonchev–Trinajstić information content (AvgIpc) is 2.37. The number of hydrogen-bond donors (Lipinski definition) is 0. The smallest absolute Gasteiger partial charge is 0.259 e. The first kappa shape index (κ1) is 13.8. The fraction of sp³-hybridized carbons (Fsp3) is 0.154. The summed E-state index contributed by atoms with van der Waals surface area (Å²) < 4.78 is 51.1. The van der Waals surface area contributed by atoms with Crippen LogP contribution < -0.4 is 0 Å². The van der Waals surface area contributed by atoms with Crippen molar-refractivity contribution in [3.05, 3.63) is 53.6 Å². The standard InChI is InChI=1S/C13H8ClF4N/c14-6-12-11(8-2-1-3-10(15)4-8)5-9(7-19-12)13(16,17)18/h1-5,7H,6H2. The molecule has 1 aromatic carbocycles. The maximum absolute atomic E-state index is 13.1. The lowest BCUT2D eigenvalue weighted by Crippen LogP contribution is -2.07. The van der Waals surface area contributed by atoms with E-state index in [9.17, 15) is 17.6 Å². The van der Waals surface area contributed by atoms with Gasteiger partial charge >= 0.3 is 6.18 Å². The highest BCUT2D eigenvalue weighted by Crippen LogP contribution is 2.33. The molecule has 0 fully saturated rings. The molecule has 0 spiro atoms. The van der Waals surface area contributed by atoms with Gasteiger partial charge in [0.25, 0.3) is 0 Å². The van der Waals surface area contributed by atoms with Crippen LogP contribution in [-0.4, -0.2) is 4.98 Å². The van der Waals surface area contributed by atoms with E-state index in [1.807, 2.05) is 0 Å². The van der Waals surface area contributed by atoms with E-state index in [-0.39, 0.29) is 17.1 Å². The van der Waals surface area contributed by atoms with E-state index < -0.39 is 17.6 Å². The van der Waals surface area contributed by atoms with E-state index in [4.69, 9.17) is 11.6 Å². The van der Waals surface area contributed by atoms with E-state index in [1.54, 1.807) is 0 Å². The molecule has 1 heterocycles. The molecule has 0 aliphatic rings. The summed E-state index contributed by atoms with van der Waals surface area (Å²) in [5, 5.41) is 0. The van der Waals surface area contributed by atoms with Crippen LogP contribution in [0.2, 0.25) is 0 Å². The molecule has 100 valence electrons. The molecule has 0 bridgehead atoms. The van der Waals surface area contributed by atoms with Crippen LogP contribution in [0, 0.1) is 5.82 Å². The summed E-state index contributed by atoms with van der Waals surface area (Å²) in [6.45, 7) is 0. The highest BCUT2D eigenvalue weighted by Gasteiger charge is 2.31. The van der Waals surface area contributed by atoms with Crippen molar-refractivity contribution in [1.82, 2.24) is 4.98 Å². The molecule has 19 heavy (non-hydrogen) atoms. The Balaban J connectivity index is 2.60. The minimum Gasteiger partial charge on any atom is -0.259 e. The van der Waals surface area contributed by atoms with Crippen LogP contribution in [-0.2, 0) is 12.1 Å². The number of nitrogens with zero attached hydrogens (tertiary/aromatic N) is 1. The summed E-state index contributed by atoms with van der Waals surface area (Å²) in [5.41, 5.74) is -0.112. The lowest BCUT2D eigenvalue weighted by atomic mass is 10.0. The summed E-state index contributed by atoms with van der Waals surface area (Å²) >= 11 is 5.65. The first-order chi connectivity index (χ1) is 8.91. The van der Waals surface area contributed by atoms with Gasteiger partial charge in [-0.15, -0.1) is 11.6 Å². The first-order valence-corrected chi connectivity index (χ1v) is 5.83. The fourth-order valence-electron chi connectivity index (χ4n) is 1.66. The zero-order chi connectivity index (χ0) is 14.0. The predicted molar refractivity (Wildman–Crippen MR) is 64.2 cm³/mol. The van der Waals surface area contributed by atoms with Crippen molar-refractivity contribution in [1.29, 1.82) is 0 Å². The van der Waals surface area contributed by atoms with Gasteiger partial charge in [-0.2, -0.15) is 13.2 Å². The molecule has 0 N–H and O–H groups in total. The molecule has 0 amide bonds. The van der Waals surface area contributed by atoms with Gasteiger partial charge in [-0.25, -0.2) is 4.39 Å². The maximum atomic E-state index is 13.1. The number of alkyl halides is 4. The number of rotatable bonds is 2. The Morgan fingerprint density at radius 2 is 1.89 bits per heavy atom. The van der Waals surface area contributed by atoms with Gasteiger partial charge in [0.15, 0.2) is 0 Å². The third-order valence-electron chi connectivity index (χ3n) is 2.56. The van der Waals surface area contributed by atoms with Crippen molar-refractivity contribution in [3.8, 4) is 11.1 Å². The molecule has 0 aliphatic carbocycles. The van der Waals surface area contributed by atoms with Crippen molar-refractivity contribution < 1.29 is 17.6 Å². The first-order valence-electron chi connectivity index (χ1n) is 5.30. The average molecular weight is 290 g/mol. The highest BCUT2D eigenvalue weighted by atomic mass is 35.5. The van der Waals surface area contributed by atoms with Gasteiger partial charge in [-0.05, 0) is 23.8 Å². The molecular formula is C13H8ClF4N. The van der Waals surface area contributed by atoms with E-state index in [0.717, 1.165) is 18.3 Å². The molecule has 2 aromatic rings. The Bertz CT molecular complexity index is 595. The zero-order valence-corrected chi connectivity index (χ0v) is 10.3. The molecule has 2 rings (SSSR count). The van der Waals surface area contributed by atoms with Crippen LogP contribution >= 0.6 is 11.6 Å². The van der Waals surface area contributed by atoms with E-state index >= 15 is 0 Å². The quantitative estimate of drug-likeness (QED) is 0.579. The molecule has 0 radical (unpaired) electrons. The molecule has 0 aliphatic heterocycles. The molecule has 0 saturated heterocycles. The lowest BCUT2D eigenvalue weighted by molar-refractivity contribution is -0.137. The van der Waals surface area contributed by atoms with Crippen LogP contribution in [0.25, 0.3) is 11.1 Å². The van der Waals surface area contributed by atoms with Crippen molar-refractivity contribution in [3.63, 3.8) is 0 Å². The third kappa shape index (κ3) is 3.04. The van der Waals surface area contributed by atoms with Crippen molar-refractivity contribution in [2.75, 3.05) is 0 Å². The van der Waals surface area contributed by atoms with Crippen molar-refractivity contribution in [2.45, 2.75) is 12.1 Å². The molecule has 1 nitrogen and oxygen atoms in total. The highest BCUT2D eigenvalue weighted by molar-refractivity contribution is 6.17. The molecule has 0 saturated carbocycles. The van der Waals surface area contributed by atoms with Crippen molar-refractivity contribution >= 4 is 11.6 Å². The van der Waals surface area contributed by atoms with E-state index in [1.165, 1.54) is 18.2 Å². The second-order valence-corrected chi connectivity index (χ2v) is 4.13. The maximum Gasteiger partial charge on any atom is 0.417 e. The molecule has 6 heteroatoms. The zero-order valence-electron chi connectivity index (χ0n) is 9.51. The summed E-state index contributed by atoms with van der Waals surface area (Å²) in [7, 11) is 0. The van der Waals surface area contributed by atoms with E-state index in [0.29, 0.717) is 5.56 Å². The van der Waals surface area contributed by atoms with Crippen LogP contribution in [0.15, 0.2) is 36.5 Å². The second kappa shape index (κ2) is 5.17. The largest absolute Gasteiger partial charge is 0.417 e. The minimum atomic E-state index is -4.50. The number of halogens is 5. The summed E-state index contributed by atoms with van der Waals surface area (Å²) in [6, 6.07) is 6.22. The SMILES string of the molecule is Fc1cccc(-c2cc(C(F)(F)F)cnc2CCl)c1. The molecular weight excluding hydrogens is 282 g/mol. The number of benzene rings is 1.